The van der Waals surface area contributed by atoms with Crippen molar-refractivity contribution in [2.45, 2.75) is 0 Å². The first-order chi connectivity index (χ1) is 11.5. The Morgan fingerprint density at radius 2 is 1.92 bits per heavy atom. The predicted molar refractivity (Wildman–Crippen MR) is 86.3 cm³/mol. The Hall–Kier alpha value is -2.25. The number of hydrogen-bond donors (Lipinski definition) is 1. The van der Waals surface area contributed by atoms with E-state index < -0.39 is 17.5 Å². The SMILES string of the molecule is COCCNc1nc2c(F)c(F)ccc2n1-c1ccc(F)c(Cl)c1. The first kappa shape index (κ1) is 16.6. The zero-order chi connectivity index (χ0) is 17.3. The molecular weight excluding hydrogens is 343 g/mol. The van der Waals surface area contributed by atoms with Crippen molar-refractivity contribution in [1.82, 2.24) is 9.55 Å². The molecule has 0 saturated carbocycles. The fraction of sp³-hybridized carbons (Fsp3) is 0.188. The first-order valence-corrected chi connectivity index (χ1v) is 7.45. The Bertz CT molecular complexity index is 898. The molecule has 0 aliphatic heterocycles. The van der Waals surface area contributed by atoms with Crippen molar-refractivity contribution < 1.29 is 17.9 Å². The summed E-state index contributed by atoms with van der Waals surface area (Å²) in [6, 6.07) is 6.48. The molecule has 8 heteroatoms. The number of fused-ring (bicyclic) bond motifs is 1. The van der Waals surface area contributed by atoms with Gasteiger partial charge in [-0.2, -0.15) is 0 Å². The van der Waals surface area contributed by atoms with Crippen molar-refractivity contribution >= 4 is 28.6 Å². The molecule has 0 unspecified atom stereocenters. The third kappa shape index (κ3) is 2.92. The van der Waals surface area contributed by atoms with Crippen LogP contribution in [0.15, 0.2) is 30.3 Å². The standard InChI is InChI=1S/C16H13ClF3N3O/c1-24-7-6-21-16-22-15-13(5-4-12(19)14(15)20)23(16)9-2-3-11(18)10(17)8-9/h2-5,8H,6-7H2,1H3,(H,21,22). The summed E-state index contributed by atoms with van der Waals surface area (Å²) >= 11 is 5.83. The van der Waals surface area contributed by atoms with Crippen molar-refractivity contribution in [3.05, 3.63) is 52.8 Å². The number of imidazole rings is 1. The second-order valence-electron chi connectivity index (χ2n) is 5.02. The van der Waals surface area contributed by atoms with E-state index in [4.69, 9.17) is 16.3 Å². The molecule has 4 nitrogen and oxygen atoms in total. The number of anilines is 1. The maximum atomic E-state index is 14.0. The van der Waals surface area contributed by atoms with Gasteiger partial charge in [-0.3, -0.25) is 4.57 Å². The van der Waals surface area contributed by atoms with Gasteiger partial charge in [-0.25, -0.2) is 18.2 Å². The number of aromatic nitrogens is 2. The third-order valence-corrected chi connectivity index (χ3v) is 3.76. The minimum Gasteiger partial charge on any atom is -0.383 e. The van der Waals surface area contributed by atoms with Crippen LogP contribution in [0.2, 0.25) is 5.02 Å². The van der Waals surface area contributed by atoms with Crippen LogP contribution in [0.3, 0.4) is 0 Å². The van der Waals surface area contributed by atoms with E-state index in [2.05, 4.69) is 10.3 Å². The Kier molecular flexibility index (Phi) is 4.64. The summed E-state index contributed by atoms with van der Waals surface area (Å²) in [5.41, 5.74) is 0.668. The molecule has 0 radical (unpaired) electrons. The van der Waals surface area contributed by atoms with Gasteiger partial charge in [0.1, 0.15) is 11.3 Å². The average Bonchev–Trinajstić information content (AvgIpc) is 2.93. The zero-order valence-electron chi connectivity index (χ0n) is 12.6. The summed E-state index contributed by atoms with van der Waals surface area (Å²) in [6.07, 6.45) is 0. The first-order valence-electron chi connectivity index (χ1n) is 7.07. The Balaban J connectivity index is 2.20. The van der Waals surface area contributed by atoms with E-state index in [1.807, 2.05) is 0 Å². The molecule has 0 bridgehead atoms. The number of nitrogens with zero attached hydrogens (tertiary/aromatic N) is 2. The highest BCUT2D eigenvalue weighted by Gasteiger charge is 2.18. The molecule has 1 heterocycles. The van der Waals surface area contributed by atoms with Crippen LogP contribution >= 0.6 is 11.6 Å². The minimum absolute atomic E-state index is 0.0835. The molecule has 0 fully saturated rings. The molecular formula is C16H13ClF3N3O. The van der Waals surface area contributed by atoms with E-state index in [1.54, 1.807) is 11.7 Å². The van der Waals surface area contributed by atoms with Crippen molar-refractivity contribution in [1.29, 1.82) is 0 Å². The van der Waals surface area contributed by atoms with Crippen molar-refractivity contribution in [2.24, 2.45) is 0 Å². The summed E-state index contributed by atoms with van der Waals surface area (Å²) in [5.74, 6) is -2.34. The van der Waals surface area contributed by atoms with Crippen LogP contribution in [0.4, 0.5) is 19.1 Å². The highest BCUT2D eigenvalue weighted by molar-refractivity contribution is 6.30. The quantitative estimate of drug-likeness (QED) is 0.699. The van der Waals surface area contributed by atoms with Gasteiger partial charge < -0.3 is 10.1 Å². The second kappa shape index (κ2) is 6.70. The molecule has 0 amide bonds. The largest absolute Gasteiger partial charge is 0.383 e. The third-order valence-electron chi connectivity index (χ3n) is 3.47. The van der Waals surface area contributed by atoms with Crippen molar-refractivity contribution in [2.75, 3.05) is 25.6 Å². The van der Waals surface area contributed by atoms with Gasteiger partial charge in [-0.15, -0.1) is 0 Å². The number of hydrogen-bond acceptors (Lipinski definition) is 3. The van der Waals surface area contributed by atoms with E-state index in [0.29, 0.717) is 24.4 Å². The maximum absolute atomic E-state index is 14.0. The smallest absolute Gasteiger partial charge is 0.208 e. The number of halogens is 4. The van der Waals surface area contributed by atoms with E-state index in [0.717, 1.165) is 6.07 Å². The van der Waals surface area contributed by atoms with Crippen LogP contribution in [0, 0.1) is 17.5 Å². The fourth-order valence-corrected chi connectivity index (χ4v) is 2.53. The fourth-order valence-electron chi connectivity index (χ4n) is 2.36. The minimum atomic E-state index is -1.05. The van der Waals surface area contributed by atoms with Gasteiger partial charge in [0.25, 0.3) is 0 Å². The summed E-state index contributed by atoms with van der Waals surface area (Å²) in [7, 11) is 1.54. The lowest BCUT2D eigenvalue weighted by Gasteiger charge is -2.11. The van der Waals surface area contributed by atoms with Gasteiger partial charge in [0, 0.05) is 13.7 Å². The van der Waals surface area contributed by atoms with Gasteiger partial charge in [0.05, 0.1) is 22.8 Å². The van der Waals surface area contributed by atoms with Gasteiger partial charge in [0.2, 0.25) is 5.95 Å². The lowest BCUT2D eigenvalue weighted by atomic mass is 10.2. The topological polar surface area (TPSA) is 39.1 Å². The van der Waals surface area contributed by atoms with E-state index >= 15 is 0 Å². The number of methoxy groups -OCH3 is 1. The zero-order valence-corrected chi connectivity index (χ0v) is 13.4. The molecule has 126 valence electrons. The van der Waals surface area contributed by atoms with Crippen LogP contribution in [0.5, 0.6) is 0 Å². The molecule has 0 spiro atoms. The predicted octanol–water partition coefficient (Wildman–Crippen LogP) is 4.15. The Morgan fingerprint density at radius 1 is 1.17 bits per heavy atom. The number of nitrogens with one attached hydrogen (secondary N) is 1. The van der Waals surface area contributed by atoms with E-state index in [1.165, 1.54) is 24.3 Å². The van der Waals surface area contributed by atoms with Gasteiger partial charge >= 0.3 is 0 Å². The van der Waals surface area contributed by atoms with Crippen LogP contribution in [-0.4, -0.2) is 29.8 Å². The molecule has 24 heavy (non-hydrogen) atoms. The molecule has 3 rings (SSSR count). The summed E-state index contributed by atoms with van der Waals surface area (Å²) in [5, 5.41) is 2.90. The van der Waals surface area contributed by atoms with Crippen LogP contribution in [-0.2, 0) is 4.74 Å². The van der Waals surface area contributed by atoms with E-state index in [9.17, 15) is 13.2 Å². The monoisotopic (exact) mass is 355 g/mol. The normalized spacial score (nSPS) is 11.2. The van der Waals surface area contributed by atoms with E-state index in [-0.39, 0.29) is 16.5 Å². The number of ether oxygens (including phenoxy) is 1. The average molecular weight is 356 g/mol. The number of benzene rings is 2. The summed E-state index contributed by atoms with van der Waals surface area (Å²) < 4.78 is 47.4. The number of rotatable bonds is 5. The molecule has 1 aromatic heterocycles. The highest BCUT2D eigenvalue weighted by Crippen LogP contribution is 2.29. The molecule has 0 atom stereocenters. The maximum Gasteiger partial charge on any atom is 0.208 e. The Labute approximate surface area is 140 Å². The molecule has 2 aromatic carbocycles. The molecule has 0 aliphatic rings. The van der Waals surface area contributed by atoms with Crippen LogP contribution in [0.1, 0.15) is 0 Å². The lowest BCUT2D eigenvalue weighted by Crippen LogP contribution is -2.11. The van der Waals surface area contributed by atoms with Crippen molar-refractivity contribution in [3.8, 4) is 5.69 Å². The molecule has 1 N–H and O–H groups in total. The molecule has 3 aromatic rings. The molecule has 0 aliphatic carbocycles. The van der Waals surface area contributed by atoms with Gasteiger partial charge in [0.15, 0.2) is 11.6 Å². The van der Waals surface area contributed by atoms with Gasteiger partial charge in [-0.05, 0) is 30.3 Å². The summed E-state index contributed by atoms with van der Waals surface area (Å²) in [4.78, 5) is 4.12. The van der Waals surface area contributed by atoms with Crippen LogP contribution in [0.25, 0.3) is 16.7 Å². The van der Waals surface area contributed by atoms with Gasteiger partial charge in [-0.1, -0.05) is 11.6 Å². The van der Waals surface area contributed by atoms with Crippen LogP contribution < -0.4 is 5.32 Å². The lowest BCUT2D eigenvalue weighted by molar-refractivity contribution is 0.210. The summed E-state index contributed by atoms with van der Waals surface area (Å²) in [6.45, 7) is 0.795. The Morgan fingerprint density at radius 3 is 2.62 bits per heavy atom. The second-order valence-corrected chi connectivity index (χ2v) is 5.43. The van der Waals surface area contributed by atoms with Crippen molar-refractivity contribution in [3.63, 3.8) is 0 Å². The molecule has 0 saturated heterocycles. The highest BCUT2D eigenvalue weighted by atomic mass is 35.5.